The molecule has 13 heteroatoms. The molecule has 0 unspecified atom stereocenters. The summed E-state index contributed by atoms with van der Waals surface area (Å²) in [5.41, 5.74) is 3.22. The highest BCUT2D eigenvalue weighted by Crippen LogP contribution is 2.38. The molecular weight excluding hydrogens is 605 g/mol. The smallest absolute Gasteiger partial charge is 0.410 e. The third kappa shape index (κ3) is 7.41. The first-order valence-corrected chi connectivity index (χ1v) is 18.7. The quantitative estimate of drug-likeness (QED) is 0.185. The summed E-state index contributed by atoms with van der Waals surface area (Å²) in [6.07, 6.45) is 5.44. The minimum atomic E-state index is -2.12. The van der Waals surface area contributed by atoms with Crippen LogP contribution < -0.4 is 4.74 Å². The molecule has 1 amide bonds. The van der Waals surface area contributed by atoms with E-state index in [2.05, 4.69) is 54.3 Å². The van der Waals surface area contributed by atoms with Gasteiger partial charge in [-0.3, -0.25) is 4.98 Å². The Hall–Kier alpha value is -3.84. The van der Waals surface area contributed by atoms with E-state index in [4.69, 9.17) is 13.9 Å². The lowest BCUT2D eigenvalue weighted by atomic mass is 10.0. The average Bonchev–Trinajstić information content (AvgIpc) is 3.61. The molecule has 0 radical (unpaired) electrons. The molecular formula is C33H46FN7O4Si. The molecule has 1 aliphatic heterocycles. The van der Waals surface area contributed by atoms with Crippen molar-refractivity contribution in [3.8, 4) is 17.0 Å². The number of ether oxygens (including phenoxy) is 2. The van der Waals surface area contributed by atoms with Gasteiger partial charge in [0.25, 0.3) is 0 Å². The highest BCUT2D eigenvalue weighted by molar-refractivity contribution is 6.74. The monoisotopic (exact) mass is 651 g/mol. The van der Waals surface area contributed by atoms with Crippen LogP contribution in [-0.4, -0.2) is 74.2 Å². The Balaban J connectivity index is 1.40. The summed E-state index contributed by atoms with van der Waals surface area (Å²) in [7, 11) is -2.12. The molecule has 5 rings (SSSR count). The Morgan fingerprint density at radius 1 is 1.11 bits per heavy atom. The van der Waals surface area contributed by atoms with Crippen LogP contribution in [0, 0.1) is 12.7 Å². The van der Waals surface area contributed by atoms with Crippen LogP contribution in [0.15, 0.2) is 42.9 Å². The molecule has 11 nitrogen and oxygen atoms in total. The van der Waals surface area contributed by atoms with Gasteiger partial charge in [-0.05, 0) is 82.9 Å². The predicted molar refractivity (Wildman–Crippen MR) is 176 cm³/mol. The zero-order chi connectivity index (χ0) is 33.4. The van der Waals surface area contributed by atoms with Crippen molar-refractivity contribution >= 4 is 19.9 Å². The largest absolute Gasteiger partial charge is 0.479 e. The normalized spacial score (nSPS) is 15.7. The number of pyridine rings is 2. The van der Waals surface area contributed by atoms with E-state index in [-0.39, 0.29) is 23.8 Å². The van der Waals surface area contributed by atoms with E-state index in [0.29, 0.717) is 30.2 Å². The van der Waals surface area contributed by atoms with Gasteiger partial charge in [0, 0.05) is 24.8 Å². The van der Waals surface area contributed by atoms with Crippen molar-refractivity contribution in [1.29, 1.82) is 0 Å². The number of likely N-dealkylation sites (tertiary alicyclic amines) is 1. The van der Waals surface area contributed by atoms with Gasteiger partial charge in [-0.1, -0.05) is 26.0 Å². The zero-order valence-electron chi connectivity index (χ0n) is 28.4. The number of hydrogen-bond acceptors (Lipinski definition) is 8. The van der Waals surface area contributed by atoms with Gasteiger partial charge in [-0.2, -0.15) is 5.10 Å². The summed E-state index contributed by atoms with van der Waals surface area (Å²) in [5, 5.41) is 13.6. The van der Waals surface area contributed by atoms with Crippen molar-refractivity contribution in [2.45, 2.75) is 97.2 Å². The van der Waals surface area contributed by atoms with Crippen LogP contribution in [-0.2, 0) is 9.16 Å². The molecule has 0 bridgehead atoms. The number of hydrogen-bond donors (Lipinski definition) is 0. The topological polar surface area (TPSA) is 109 Å². The van der Waals surface area contributed by atoms with Crippen molar-refractivity contribution in [3.63, 3.8) is 0 Å². The minimum Gasteiger partial charge on any atom is -0.479 e. The van der Waals surface area contributed by atoms with E-state index in [1.165, 1.54) is 12.3 Å². The minimum absolute atomic E-state index is 0.00210. The number of nitrogens with zero attached hydrogens (tertiary/aromatic N) is 7. The van der Waals surface area contributed by atoms with E-state index in [0.717, 1.165) is 29.6 Å². The number of rotatable bonds is 8. The molecule has 1 atom stereocenters. The maximum absolute atomic E-state index is 13.8. The Labute approximate surface area is 271 Å². The second-order valence-corrected chi connectivity index (χ2v) is 19.3. The standard InChI is InChI=1S/C33H46FN7O4Si/c1-22-30(37-38-41(22)25-13-16-39(17-14-25)31(42)45-32(2,3)4)23-18-28(27-12-15-36-40(27)20-23)44-29(26-11-10-24(34)19-35-26)21-43-46(8,9)33(5,6)7/h10-12,15,18-20,25,29H,13-14,16-17,21H2,1-9H3/t29-/m1/s1. The molecule has 46 heavy (non-hydrogen) atoms. The van der Waals surface area contributed by atoms with E-state index in [1.54, 1.807) is 21.7 Å². The lowest BCUT2D eigenvalue weighted by Crippen LogP contribution is -2.42. The van der Waals surface area contributed by atoms with Gasteiger partial charge in [-0.25, -0.2) is 18.4 Å². The molecule has 248 valence electrons. The molecule has 0 aliphatic carbocycles. The third-order valence-corrected chi connectivity index (χ3v) is 13.4. The Kier molecular flexibility index (Phi) is 9.29. The Bertz CT molecular complexity index is 1670. The Morgan fingerprint density at radius 2 is 1.83 bits per heavy atom. The molecule has 0 N–H and O–H groups in total. The average molecular weight is 652 g/mol. The summed E-state index contributed by atoms with van der Waals surface area (Å²) in [4.78, 5) is 18.7. The number of piperidine rings is 1. The molecule has 5 heterocycles. The lowest BCUT2D eigenvalue weighted by molar-refractivity contribution is 0.0183. The first-order chi connectivity index (χ1) is 21.5. The number of amides is 1. The van der Waals surface area contributed by atoms with Crippen LogP contribution in [0.1, 0.15) is 77.9 Å². The first-order valence-electron chi connectivity index (χ1n) is 15.8. The fraction of sp³-hybridized carbons (Fsp3) is 0.545. The molecule has 1 aliphatic rings. The van der Waals surface area contributed by atoms with Crippen LogP contribution in [0.5, 0.6) is 5.75 Å². The van der Waals surface area contributed by atoms with E-state index in [9.17, 15) is 9.18 Å². The Morgan fingerprint density at radius 3 is 2.46 bits per heavy atom. The van der Waals surface area contributed by atoms with Crippen LogP contribution in [0.3, 0.4) is 0 Å². The van der Waals surface area contributed by atoms with Gasteiger partial charge in [0.2, 0.25) is 0 Å². The maximum Gasteiger partial charge on any atom is 0.410 e. The van der Waals surface area contributed by atoms with Gasteiger partial charge < -0.3 is 18.8 Å². The predicted octanol–water partition coefficient (Wildman–Crippen LogP) is 7.15. The van der Waals surface area contributed by atoms with Gasteiger partial charge in [-0.15, -0.1) is 5.10 Å². The number of carbonyl (C=O) groups excluding carboxylic acids is 1. The maximum atomic E-state index is 13.8. The molecule has 1 fully saturated rings. The van der Waals surface area contributed by atoms with Crippen LogP contribution in [0.25, 0.3) is 16.8 Å². The zero-order valence-corrected chi connectivity index (χ0v) is 29.4. The van der Waals surface area contributed by atoms with Gasteiger partial charge >= 0.3 is 6.09 Å². The summed E-state index contributed by atoms with van der Waals surface area (Å²) in [5.74, 6) is 0.159. The number of aromatic nitrogens is 6. The third-order valence-electron chi connectivity index (χ3n) is 8.88. The van der Waals surface area contributed by atoms with Crippen molar-refractivity contribution in [2.75, 3.05) is 19.7 Å². The highest BCUT2D eigenvalue weighted by Gasteiger charge is 2.38. The lowest BCUT2D eigenvalue weighted by Gasteiger charge is -2.37. The SMILES string of the molecule is Cc1c(-c2cc(O[C@H](CO[Si](C)(C)C(C)(C)C)c3ccc(F)cn3)c3ccnn3c2)nnn1C1CCN(C(=O)OC(C)(C)C)CC1. The summed E-state index contributed by atoms with van der Waals surface area (Å²) in [6.45, 7) is 20.0. The van der Waals surface area contributed by atoms with Crippen LogP contribution >= 0.6 is 0 Å². The fourth-order valence-corrected chi connectivity index (χ4v) is 6.21. The molecule has 1 saturated heterocycles. The molecule has 0 aromatic carbocycles. The molecule has 4 aromatic rings. The first kappa shape index (κ1) is 33.5. The molecule has 0 saturated carbocycles. The number of fused-ring (bicyclic) bond motifs is 1. The molecule has 4 aromatic heterocycles. The molecule has 0 spiro atoms. The second-order valence-electron chi connectivity index (χ2n) is 14.5. The van der Waals surface area contributed by atoms with E-state index in [1.807, 2.05) is 50.7 Å². The van der Waals surface area contributed by atoms with Gasteiger partial charge in [0.1, 0.15) is 28.4 Å². The summed E-state index contributed by atoms with van der Waals surface area (Å²) in [6, 6.07) is 6.94. The van der Waals surface area contributed by atoms with Crippen molar-refractivity contribution in [2.24, 2.45) is 0 Å². The van der Waals surface area contributed by atoms with Crippen LogP contribution in [0.2, 0.25) is 18.1 Å². The highest BCUT2D eigenvalue weighted by atomic mass is 28.4. The van der Waals surface area contributed by atoms with E-state index < -0.39 is 25.8 Å². The van der Waals surface area contributed by atoms with E-state index >= 15 is 0 Å². The van der Waals surface area contributed by atoms with Gasteiger partial charge in [0.05, 0.1) is 36.4 Å². The van der Waals surface area contributed by atoms with Crippen LogP contribution in [0.4, 0.5) is 9.18 Å². The fourth-order valence-electron chi connectivity index (χ4n) is 5.21. The number of carbonyl (C=O) groups is 1. The van der Waals surface area contributed by atoms with Crippen molar-refractivity contribution < 1.29 is 23.1 Å². The summed E-state index contributed by atoms with van der Waals surface area (Å²) >= 11 is 0. The summed E-state index contributed by atoms with van der Waals surface area (Å²) < 4.78 is 36.3. The van der Waals surface area contributed by atoms with Crippen molar-refractivity contribution in [3.05, 3.63) is 60.1 Å². The van der Waals surface area contributed by atoms with Crippen molar-refractivity contribution in [1.82, 2.24) is 34.5 Å². The van der Waals surface area contributed by atoms with Gasteiger partial charge in [0.15, 0.2) is 14.4 Å². The second kappa shape index (κ2) is 12.7. The number of halogens is 1.